The Morgan fingerprint density at radius 1 is 1.42 bits per heavy atom. The molecule has 0 radical (unpaired) electrons. The van der Waals surface area contributed by atoms with Crippen molar-refractivity contribution in [2.24, 2.45) is 0 Å². The van der Waals surface area contributed by atoms with E-state index < -0.39 is 14.6 Å². The predicted octanol–water partition coefficient (Wildman–Crippen LogP) is 2.07. The lowest BCUT2D eigenvalue weighted by atomic mass is 10.3. The van der Waals surface area contributed by atoms with Gasteiger partial charge < -0.3 is 5.32 Å². The molecule has 7 heteroatoms. The lowest BCUT2D eigenvalue weighted by Gasteiger charge is -2.16. The third-order valence-electron chi connectivity index (χ3n) is 3.69. The molecule has 1 aliphatic carbocycles. The van der Waals surface area contributed by atoms with E-state index >= 15 is 0 Å². The van der Waals surface area contributed by atoms with Crippen LogP contribution < -0.4 is 5.32 Å². The predicted molar refractivity (Wildman–Crippen MR) is 77.3 cm³/mol. The quantitative estimate of drug-likeness (QED) is 0.914. The van der Waals surface area contributed by atoms with Crippen LogP contribution in [0.5, 0.6) is 0 Å². The minimum absolute atomic E-state index is 0.201. The van der Waals surface area contributed by atoms with Crippen LogP contribution in [-0.2, 0) is 9.84 Å². The van der Waals surface area contributed by atoms with Gasteiger partial charge in [0.25, 0.3) is 0 Å². The number of thiophene rings is 1. The molecular weight excluding hydrogens is 282 g/mol. The molecule has 5 nitrogen and oxygen atoms in total. The van der Waals surface area contributed by atoms with Crippen molar-refractivity contribution in [3.63, 3.8) is 0 Å². The Labute approximate surface area is 116 Å². The van der Waals surface area contributed by atoms with Crippen molar-refractivity contribution in [3.8, 4) is 0 Å². The van der Waals surface area contributed by atoms with Crippen molar-refractivity contribution in [2.45, 2.75) is 24.5 Å². The molecule has 0 aromatic carbocycles. The van der Waals surface area contributed by atoms with Crippen LogP contribution in [0.2, 0.25) is 0 Å². The molecule has 102 valence electrons. The molecule has 0 spiro atoms. The average molecular weight is 297 g/mol. The van der Waals surface area contributed by atoms with Crippen molar-refractivity contribution in [3.05, 3.63) is 17.8 Å². The number of rotatable bonds is 5. The highest BCUT2D eigenvalue weighted by atomic mass is 32.2. The number of aromatic nitrogens is 2. The summed E-state index contributed by atoms with van der Waals surface area (Å²) < 4.78 is 23.5. The summed E-state index contributed by atoms with van der Waals surface area (Å²) in [6.45, 7) is 2.14. The molecule has 1 aliphatic rings. The third-order valence-corrected chi connectivity index (χ3v) is 7.14. The van der Waals surface area contributed by atoms with Gasteiger partial charge in [0.15, 0.2) is 9.84 Å². The molecule has 2 aromatic heterocycles. The monoisotopic (exact) mass is 297 g/mol. The minimum atomic E-state index is -3.00. The molecule has 1 N–H and O–H groups in total. The fourth-order valence-corrected chi connectivity index (χ4v) is 4.58. The van der Waals surface area contributed by atoms with E-state index in [1.807, 2.05) is 11.4 Å². The molecule has 0 atom stereocenters. The zero-order chi connectivity index (χ0) is 13.5. The van der Waals surface area contributed by atoms with Gasteiger partial charge in [0.1, 0.15) is 17.0 Å². The Morgan fingerprint density at radius 3 is 2.89 bits per heavy atom. The molecule has 2 aromatic rings. The van der Waals surface area contributed by atoms with E-state index in [1.165, 1.54) is 6.33 Å². The molecule has 1 fully saturated rings. The van der Waals surface area contributed by atoms with Gasteiger partial charge in [-0.3, -0.25) is 0 Å². The number of nitrogens with zero attached hydrogens (tertiary/aromatic N) is 2. The first-order valence-electron chi connectivity index (χ1n) is 6.22. The molecule has 3 rings (SSSR count). The van der Waals surface area contributed by atoms with Crippen molar-refractivity contribution in [2.75, 3.05) is 17.6 Å². The first kappa shape index (κ1) is 12.8. The lowest BCUT2D eigenvalue weighted by Crippen LogP contribution is -2.32. The van der Waals surface area contributed by atoms with Crippen LogP contribution in [0, 0.1) is 0 Å². The van der Waals surface area contributed by atoms with E-state index in [1.54, 1.807) is 18.3 Å². The van der Waals surface area contributed by atoms with E-state index in [0.717, 1.165) is 28.9 Å². The topological polar surface area (TPSA) is 72.0 Å². The highest BCUT2D eigenvalue weighted by Gasteiger charge is 2.53. The summed E-state index contributed by atoms with van der Waals surface area (Å²) in [5.41, 5.74) is 0. The van der Waals surface area contributed by atoms with Gasteiger partial charge in [0.2, 0.25) is 0 Å². The van der Waals surface area contributed by atoms with Gasteiger partial charge >= 0.3 is 0 Å². The summed E-state index contributed by atoms with van der Waals surface area (Å²) in [7, 11) is -3.00. The van der Waals surface area contributed by atoms with Crippen LogP contribution in [0.3, 0.4) is 0 Å². The number of fused-ring (bicyclic) bond motifs is 1. The second-order valence-electron chi connectivity index (χ2n) is 4.80. The molecule has 0 bridgehead atoms. The standard InChI is InChI=1S/C12H15N3O2S2/c1-2-19(16,17)12(4-5-12)7-13-10-9-3-6-18-11(9)15-8-14-10/h3,6,8H,2,4-5,7H2,1H3,(H,13,14,15). The Bertz CT molecular complexity index is 705. The maximum atomic E-state index is 12.0. The SMILES string of the molecule is CCS(=O)(=O)C1(CNc2ncnc3sccc23)CC1. The highest BCUT2D eigenvalue weighted by molar-refractivity contribution is 7.93. The molecule has 0 unspecified atom stereocenters. The zero-order valence-corrected chi connectivity index (χ0v) is 12.2. The molecule has 2 heterocycles. The van der Waals surface area contributed by atoms with E-state index in [4.69, 9.17) is 0 Å². The van der Waals surface area contributed by atoms with Crippen LogP contribution >= 0.6 is 11.3 Å². The van der Waals surface area contributed by atoms with E-state index in [-0.39, 0.29) is 5.75 Å². The van der Waals surface area contributed by atoms with Crippen molar-refractivity contribution < 1.29 is 8.42 Å². The van der Waals surface area contributed by atoms with E-state index in [2.05, 4.69) is 15.3 Å². The third kappa shape index (κ3) is 2.10. The summed E-state index contributed by atoms with van der Waals surface area (Å²) in [4.78, 5) is 9.30. The molecule has 19 heavy (non-hydrogen) atoms. The first-order chi connectivity index (χ1) is 9.08. The Hall–Kier alpha value is -1.21. The largest absolute Gasteiger partial charge is 0.368 e. The Kier molecular flexibility index (Phi) is 2.98. The molecule has 1 saturated carbocycles. The normalized spacial score (nSPS) is 17.5. The van der Waals surface area contributed by atoms with Crippen LogP contribution in [0.4, 0.5) is 5.82 Å². The maximum absolute atomic E-state index is 12.0. The van der Waals surface area contributed by atoms with Gasteiger partial charge in [-0.2, -0.15) is 0 Å². The zero-order valence-electron chi connectivity index (χ0n) is 10.6. The van der Waals surface area contributed by atoms with Crippen LogP contribution in [-0.4, -0.2) is 35.4 Å². The minimum Gasteiger partial charge on any atom is -0.368 e. The fourth-order valence-electron chi connectivity index (χ4n) is 2.22. The maximum Gasteiger partial charge on any atom is 0.157 e. The van der Waals surface area contributed by atoms with Gasteiger partial charge in [-0.05, 0) is 24.3 Å². The van der Waals surface area contributed by atoms with Crippen LogP contribution in [0.1, 0.15) is 19.8 Å². The van der Waals surface area contributed by atoms with E-state index in [0.29, 0.717) is 6.54 Å². The van der Waals surface area contributed by atoms with Gasteiger partial charge in [-0.15, -0.1) is 11.3 Å². The number of hydrogen-bond donors (Lipinski definition) is 1. The van der Waals surface area contributed by atoms with Crippen LogP contribution in [0.15, 0.2) is 17.8 Å². The van der Waals surface area contributed by atoms with Gasteiger partial charge in [-0.1, -0.05) is 6.92 Å². The average Bonchev–Trinajstić information content (AvgIpc) is 3.06. The van der Waals surface area contributed by atoms with Crippen LogP contribution in [0.25, 0.3) is 10.2 Å². The lowest BCUT2D eigenvalue weighted by molar-refractivity contribution is 0.580. The van der Waals surface area contributed by atoms with Crippen molar-refractivity contribution in [1.29, 1.82) is 0 Å². The number of sulfone groups is 1. The van der Waals surface area contributed by atoms with Crippen molar-refractivity contribution in [1.82, 2.24) is 9.97 Å². The summed E-state index contributed by atoms with van der Waals surface area (Å²) >= 11 is 1.55. The Morgan fingerprint density at radius 2 is 2.21 bits per heavy atom. The second kappa shape index (κ2) is 4.42. The van der Waals surface area contributed by atoms with Gasteiger partial charge in [-0.25, -0.2) is 18.4 Å². The van der Waals surface area contributed by atoms with Crippen molar-refractivity contribution >= 4 is 37.2 Å². The fraction of sp³-hybridized carbons (Fsp3) is 0.500. The summed E-state index contributed by atoms with van der Waals surface area (Å²) in [5.74, 6) is 0.926. The van der Waals surface area contributed by atoms with Gasteiger partial charge in [0.05, 0.1) is 10.1 Å². The highest BCUT2D eigenvalue weighted by Crippen LogP contribution is 2.44. The van der Waals surface area contributed by atoms with Gasteiger partial charge in [0, 0.05) is 12.3 Å². The molecule has 0 saturated heterocycles. The summed E-state index contributed by atoms with van der Waals surface area (Å²) in [6.07, 6.45) is 3.00. The number of nitrogens with one attached hydrogen (secondary N) is 1. The Balaban J connectivity index is 1.82. The van der Waals surface area contributed by atoms with E-state index in [9.17, 15) is 8.42 Å². The molecule has 0 amide bonds. The molecule has 0 aliphatic heterocycles. The number of anilines is 1. The molecular formula is C12H15N3O2S2. The first-order valence-corrected chi connectivity index (χ1v) is 8.75. The summed E-state index contributed by atoms with van der Waals surface area (Å²) in [5, 5.41) is 6.11. The number of hydrogen-bond acceptors (Lipinski definition) is 6. The smallest absolute Gasteiger partial charge is 0.157 e. The summed E-state index contributed by atoms with van der Waals surface area (Å²) in [6, 6.07) is 1.95. The second-order valence-corrected chi connectivity index (χ2v) is 8.37.